The Labute approximate surface area is 179 Å². The Balaban J connectivity index is 1.48. The molecule has 0 atom stereocenters. The number of hydrogen-bond acceptors (Lipinski definition) is 5. The zero-order valence-corrected chi connectivity index (χ0v) is 18.1. The average molecular weight is 412 g/mol. The molecule has 0 bridgehead atoms. The van der Waals surface area contributed by atoms with E-state index in [4.69, 9.17) is 14.5 Å². The van der Waals surface area contributed by atoms with E-state index < -0.39 is 0 Å². The molecule has 1 aromatic heterocycles. The lowest BCUT2D eigenvalue weighted by atomic mass is 10.1. The maximum absolute atomic E-state index is 5.77. The molecule has 0 amide bonds. The molecule has 1 aliphatic heterocycles. The number of aromatic nitrogens is 1. The minimum atomic E-state index is 0.547. The number of piperidine rings is 1. The SMILES string of the molecule is CCNC(=NCc1ccnc(N2CCCCC2)c1)NCCOc1ccc(OC)cc1. The normalized spacial score (nSPS) is 14.3. The summed E-state index contributed by atoms with van der Waals surface area (Å²) in [5.41, 5.74) is 1.16. The highest BCUT2D eigenvalue weighted by Crippen LogP contribution is 2.19. The van der Waals surface area contributed by atoms with Crippen molar-refractivity contribution in [1.82, 2.24) is 15.6 Å². The van der Waals surface area contributed by atoms with E-state index in [0.29, 0.717) is 19.7 Å². The smallest absolute Gasteiger partial charge is 0.191 e. The third-order valence-electron chi connectivity index (χ3n) is 4.98. The van der Waals surface area contributed by atoms with E-state index in [0.717, 1.165) is 48.5 Å². The highest BCUT2D eigenvalue weighted by molar-refractivity contribution is 5.79. The van der Waals surface area contributed by atoms with Gasteiger partial charge in [-0.2, -0.15) is 0 Å². The molecule has 0 unspecified atom stereocenters. The second-order valence-corrected chi connectivity index (χ2v) is 7.22. The summed E-state index contributed by atoms with van der Waals surface area (Å²) in [5, 5.41) is 6.61. The van der Waals surface area contributed by atoms with Crippen LogP contribution in [0.15, 0.2) is 47.6 Å². The first kappa shape index (κ1) is 21.7. The van der Waals surface area contributed by atoms with Gasteiger partial charge in [-0.05, 0) is 68.1 Å². The van der Waals surface area contributed by atoms with E-state index in [1.165, 1.54) is 19.3 Å². The molecule has 7 heteroatoms. The number of methoxy groups -OCH3 is 1. The fourth-order valence-electron chi connectivity index (χ4n) is 3.38. The summed E-state index contributed by atoms with van der Waals surface area (Å²) >= 11 is 0. The molecule has 0 spiro atoms. The van der Waals surface area contributed by atoms with Crippen molar-refractivity contribution in [1.29, 1.82) is 0 Å². The van der Waals surface area contributed by atoms with Crippen LogP contribution in [0, 0.1) is 0 Å². The molecule has 7 nitrogen and oxygen atoms in total. The van der Waals surface area contributed by atoms with Crippen LogP contribution >= 0.6 is 0 Å². The van der Waals surface area contributed by atoms with Crippen LogP contribution in [-0.4, -0.2) is 50.8 Å². The third-order valence-corrected chi connectivity index (χ3v) is 4.98. The summed E-state index contributed by atoms with van der Waals surface area (Å²) in [4.78, 5) is 11.6. The summed E-state index contributed by atoms with van der Waals surface area (Å²) < 4.78 is 10.9. The standard InChI is InChI=1S/C23H33N5O2/c1-3-24-23(26-13-16-30-21-9-7-20(29-2)8-10-21)27-18-19-11-12-25-22(17-19)28-14-5-4-6-15-28/h7-12,17H,3-6,13-16,18H2,1-2H3,(H2,24,26,27). The van der Waals surface area contributed by atoms with Gasteiger partial charge in [-0.15, -0.1) is 0 Å². The quantitative estimate of drug-likeness (QED) is 0.375. The zero-order valence-electron chi connectivity index (χ0n) is 18.1. The van der Waals surface area contributed by atoms with Crippen molar-refractivity contribution in [2.75, 3.05) is 44.8 Å². The van der Waals surface area contributed by atoms with Crippen LogP contribution in [0.1, 0.15) is 31.7 Å². The van der Waals surface area contributed by atoms with E-state index in [1.807, 2.05) is 36.5 Å². The average Bonchev–Trinajstić information content (AvgIpc) is 2.81. The van der Waals surface area contributed by atoms with Crippen molar-refractivity contribution in [3.8, 4) is 11.5 Å². The number of guanidine groups is 1. The highest BCUT2D eigenvalue weighted by Gasteiger charge is 2.12. The van der Waals surface area contributed by atoms with E-state index in [9.17, 15) is 0 Å². The first-order valence-electron chi connectivity index (χ1n) is 10.8. The van der Waals surface area contributed by atoms with E-state index in [2.05, 4.69) is 33.5 Å². The highest BCUT2D eigenvalue weighted by atomic mass is 16.5. The molecule has 1 aromatic carbocycles. The number of ether oxygens (including phenoxy) is 2. The first-order valence-corrected chi connectivity index (χ1v) is 10.8. The molecular weight excluding hydrogens is 378 g/mol. The van der Waals surface area contributed by atoms with Crippen LogP contribution in [0.4, 0.5) is 5.82 Å². The minimum Gasteiger partial charge on any atom is -0.497 e. The zero-order chi connectivity index (χ0) is 21.0. The number of nitrogens with one attached hydrogen (secondary N) is 2. The molecule has 1 fully saturated rings. The maximum atomic E-state index is 5.77. The Bertz CT molecular complexity index is 788. The van der Waals surface area contributed by atoms with Crippen molar-refractivity contribution < 1.29 is 9.47 Å². The molecule has 2 N–H and O–H groups in total. The second-order valence-electron chi connectivity index (χ2n) is 7.22. The van der Waals surface area contributed by atoms with Gasteiger partial charge >= 0.3 is 0 Å². The van der Waals surface area contributed by atoms with Crippen LogP contribution in [0.5, 0.6) is 11.5 Å². The maximum Gasteiger partial charge on any atom is 0.191 e. The summed E-state index contributed by atoms with van der Waals surface area (Å²) in [6.07, 6.45) is 5.70. The van der Waals surface area contributed by atoms with Crippen LogP contribution < -0.4 is 25.0 Å². The van der Waals surface area contributed by atoms with Gasteiger partial charge in [0.1, 0.15) is 23.9 Å². The fraction of sp³-hybridized carbons (Fsp3) is 0.478. The lowest BCUT2D eigenvalue weighted by Crippen LogP contribution is -2.39. The van der Waals surface area contributed by atoms with Crippen LogP contribution in [-0.2, 0) is 6.54 Å². The molecule has 162 valence electrons. The number of hydrogen-bond donors (Lipinski definition) is 2. The van der Waals surface area contributed by atoms with Gasteiger partial charge in [0, 0.05) is 25.8 Å². The predicted molar refractivity (Wildman–Crippen MR) is 122 cm³/mol. The van der Waals surface area contributed by atoms with Gasteiger partial charge in [-0.25, -0.2) is 9.98 Å². The number of benzene rings is 1. The van der Waals surface area contributed by atoms with Crippen molar-refractivity contribution >= 4 is 11.8 Å². The monoisotopic (exact) mass is 411 g/mol. The van der Waals surface area contributed by atoms with Crippen LogP contribution in [0.25, 0.3) is 0 Å². The molecule has 1 aliphatic rings. The fourth-order valence-corrected chi connectivity index (χ4v) is 3.38. The molecule has 2 heterocycles. The van der Waals surface area contributed by atoms with Crippen molar-refractivity contribution in [3.63, 3.8) is 0 Å². The molecule has 0 aliphatic carbocycles. The Hall–Kier alpha value is -2.96. The minimum absolute atomic E-state index is 0.547. The molecule has 1 saturated heterocycles. The lowest BCUT2D eigenvalue weighted by Gasteiger charge is -2.27. The van der Waals surface area contributed by atoms with Crippen molar-refractivity contribution in [2.24, 2.45) is 4.99 Å². The molecule has 0 saturated carbocycles. The van der Waals surface area contributed by atoms with Gasteiger partial charge in [0.05, 0.1) is 20.2 Å². The summed E-state index contributed by atoms with van der Waals surface area (Å²) in [5.74, 6) is 3.49. The molecule has 2 aromatic rings. The number of nitrogens with zero attached hydrogens (tertiary/aromatic N) is 3. The van der Waals surface area contributed by atoms with Crippen LogP contribution in [0.3, 0.4) is 0 Å². The van der Waals surface area contributed by atoms with E-state index in [1.54, 1.807) is 7.11 Å². The van der Waals surface area contributed by atoms with Crippen molar-refractivity contribution in [2.45, 2.75) is 32.7 Å². The molecule has 3 rings (SSSR count). The second kappa shape index (κ2) is 11.9. The molecule has 30 heavy (non-hydrogen) atoms. The Kier molecular flexibility index (Phi) is 8.62. The van der Waals surface area contributed by atoms with Gasteiger partial charge in [-0.1, -0.05) is 0 Å². The number of aliphatic imine (C=N–C) groups is 1. The summed E-state index contributed by atoms with van der Waals surface area (Å²) in [6.45, 7) is 6.87. The molecular formula is C23H33N5O2. The van der Waals surface area contributed by atoms with Gasteiger partial charge in [0.2, 0.25) is 0 Å². The lowest BCUT2D eigenvalue weighted by molar-refractivity contribution is 0.321. The Morgan fingerprint density at radius 3 is 2.57 bits per heavy atom. The number of rotatable bonds is 9. The Morgan fingerprint density at radius 2 is 1.83 bits per heavy atom. The van der Waals surface area contributed by atoms with Gasteiger partial charge < -0.3 is 25.0 Å². The predicted octanol–water partition coefficient (Wildman–Crippen LogP) is 3.21. The molecule has 0 radical (unpaired) electrons. The number of pyridine rings is 1. The largest absolute Gasteiger partial charge is 0.497 e. The van der Waals surface area contributed by atoms with E-state index >= 15 is 0 Å². The van der Waals surface area contributed by atoms with Gasteiger partial charge in [0.25, 0.3) is 0 Å². The van der Waals surface area contributed by atoms with Crippen molar-refractivity contribution in [3.05, 3.63) is 48.2 Å². The topological polar surface area (TPSA) is 71.0 Å². The van der Waals surface area contributed by atoms with Gasteiger partial charge in [-0.3, -0.25) is 0 Å². The first-order chi connectivity index (χ1) is 14.8. The Morgan fingerprint density at radius 1 is 1.07 bits per heavy atom. The summed E-state index contributed by atoms with van der Waals surface area (Å²) in [7, 11) is 1.65. The van der Waals surface area contributed by atoms with E-state index in [-0.39, 0.29) is 0 Å². The van der Waals surface area contributed by atoms with Gasteiger partial charge in [0.15, 0.2) is 5.96 Å². The third kappa shape index (κ3) is 6.83. The summed E-state index contributed by atoms with van der Waals surface area (Å²) in [6, 6.07) is 11.8. The van der Waals surface area contributed by atoms with Crippen LogP contribution in [0.2, 0.25) is 0 Å². The number of anilines is 1.